The lowest BCUT2D eigenvalue weighted by molar-refractivity contribution is -0.138. The summed E-state index contributed by atoms with van der Waals surface area (Å²) in [5, 5.41) is 0. The predicted octanol–water partition coefficient (Wildman–Crippen LogP) is 0.214. The first-order valence-corrected chi connectivity index (χ1v) is 10.5. The third-order valence-corrected chi connectivity index (χ3v) is 6.76. The van der Waals surface area contributed by atoms with Crippen molar-refractivity contribution in [2.75, 3.05) is 39.5 Å². The molecule has 1 aromatic heterocycles. The van der Waals surface area contributed by atoms with Crippen LogP contribution in [0.5, 0.6) is 0 Å². The monoisotopic (exact) mass is 399 g/mol. The van der Waals surface area contributed by atoms with Gasteiger partial charge in [-0.2, -0.15) is 4.31 Å². The number of carbonyl (C=O) groups excluding carboxylic acids is 2. The molecule has 27 heavy (non-hydrogen) atoms. The molecule has 0 bridgehead atoms. The molecule has 1 unspecified atom stereocenters. The van der Waals surface area contributed by atoms with E-state index in [9.17, 15) is 18.0 Å². The van der Waals surface area contributed by atoms with Crippen molar-refractivity contribution in [3.8, 4) is 0 Å². The summed E-state index contributed by atoms with van der Waals surface area (Å²) in [6, 6.07) is 0.599. The summed E-state index contributed by atoms with van der Waals surface area (Å²) in [6.07, 6.45) is 2.50. The Morgan fingerprint density at radius 1 is 1.26 bits per heavy atom. The molecule has 150 valence electrons. The van der Waals surface area contributed by atoms with Gasteiger partial charge >= 0.3 is 5.97 Å². The number of aryl methyl sites for hydroxylation is 1. The zero-order valence-electron chi connectivity index (χ0n) is 15.6. The number of morpholine rings is 1. The molecular weight excluding hydrogens is 374 g/mol. The van der Waals surface area contributed by atoms with E-state index in [0.29, 0.717) is 39.1 Å². The maximum absolute atomic E-state index is 13.1. The highest BCUT2D eigenvalue weighted by molar-refractivity contribution is 7.89. The minimum atomic E-state index is -3.90. The van der Waals surface area contributed by atoms with Crippen molar-refractivity contribution in [3.05, 3.63) is 18.0 Å². The highest BCUT2D eigenvalue weighted by Gasteiger charge is 2.42. The molecule has 0 spiro atoms. The average Bonchev–Trinajstić information content (AvgIpc) is 3.29. The Bertz CT molecular complexity index is 813. The summed E-state index contributed by atoms with van der Waals surface area (Å²) < 4.78 is 39.2. The smallest absolute Gasteiger partial charge is 0.354 e. The van der Waals surface area contributed by atoms with Crippen LogP contribution >= 0.6 is 0 Å². The number of amides is 1. The molecule has 0 radical (unpaired) electrons. The highest BCUT2D eigenvalue weighted by atomic mass is 32.2. The van der Waals surface area contributed by atoms with Gasteiger partial charge in [0.05, 0.1) is 19.8 Å². The molecule has 0 saturated carbocycles. The molecule has 0 aliphatic carbocycles. The van der Waals surface area contributed by atoms with Crippen LogP contribution in [-0.4, -0.2) is 79.6 Å². The van der Waals surface area contributed by atoms with Gasteiger partial charge in [-0.1, -0.05) is 0 Å². The molecule has 2 fully saturated rings. The Morgan fingerprint density at radius 2 is 1.96 bits per heavy atom. The Labute approximate surface area is 158 Å². The molecule has 3 rings (SSSR count). The van der Waals surface area contributed by atoms with Gasteiger partial charge in [-0.05, 0) is 25.8 Å². The lowest BCUT2D eigenvalue weighted by Gasteiger charge is -2.32. The van der Waals surface area contributed by atoms with E-state index in [1.54, 1.807) is 18.9 Å². The van der Waals surface area contributed by atoms with Gasteiger partial charge in [-0.25, -0.2) is 13.2 Å². The standard InChI is InChI=1S/C17H25N3O6S/c1-3-26-17(22)15-11-13(12-18(15)2)27(23,24)20-6-4-5-14(20)16(21)19-7-9-25-10-8-19/h11-12,14H,3-10H2,1-2H3. The maximum Gasteiger partial charge on any atom is 0.354 e. The molecule has 0 N–H and O–H groups in total. The first-order valence-electron chi connectivity index (χ1n) is 9.08. The van der Waals surface area contributed by atoms with Crippen LogP contribution in [0.25, 0.3) is 0 Å². The van der Waals surface area contributed by atoms with Gasteiger partial charge in [-0.15, -0.1) is 0 Å². The average molecular weight is 399 g/mol. The minimum Gasteiger partial charge on any atom is -0.461 e. The zero-order valence-corrected chi connectivity index (χ0v) is 16.4. The topological polar surface area (TPSA) is 98.2 Å². The first kappa shape index (κ1) is 19.8. The van der Waals surface area contributed by atoms with Crippen molar-refractivity contribution >= 4 is 21.9 Å². The van der Waals surface area contributed by atoms with Crippen LogP contribution in [-0.2, 0) is 31.3 Å². The van der Waals surface area contributed by atoms with Crippen LogP contribution in [0.15, 0.2) is 17.2 Å². The van der Waals surface area contributed by atoms with Crippen molar-refractivity contribution in [2.24, 2.45) is 7.05 Å². The van der Waals surface area contributed by atoms with Crippen LogP contribution in [0, 0.1) is 0 Å². The molecule has 10 heteroatoms. The van der Waals surface area contributed by atoms with Crippen molar-refractivity contribution in [1.82, 2.24) is 13.8 Å². The second-order valence-electron chi connectivity index (χ2n) is 6.60. The van der Waals surface area contributed by atoms with Gasteiger partial charge < -0.3 is 18.9 Å². The number of ether oxygens (including phenoxy) is 2. The van der Waals surface area contributed by atoms with E-state index in [2.05, 4.69) is 0 Å². The summed E-state index contributed by atoms with van der Waals surface area (Å²) in [4.78, 5) is 26.5. The normalized spacial score (nSPS) is 21.4. The number of esters is 1. The largest absolute Gasteiger partial charge is 0.461 e. The van der Waals surface area contributed by atoms with E-state index in [0.717, 1.165) is 0 Å². The Kier molecular flexibility index (Phi) is 5.87. The number of aromatic nitrogens is 1. The fourth-order valence-corrected chi connectivity index (χ4v) is 5.21. The van der Waals surface area contributed by atoms with E-state index in [4.69, 9.17) is 9.47 Å². The fraction of sp³-hybridized carbons (Fsp3) is 0.647. The molecule has 2 aliphatic heterocycles. The molecule has 9 nitrogen and oxygen atoms in total. The summed E-state index contributed by atoms with van der Waals surface area (Å²) in [7, 11) is -2.31. The molecule has 2 saturated heterocycles. The van der Waals surface area contributed by atoms with E-state index in [1.807, 2.05) is 0 Å². The predicted molar refractivity (Wildman–Crippen MR) is 95.7 cm³/mol. The van der Waals surface area contributed by atoms with Gasteiger partial charge in [0.25, 0.3) is 0 Å². The first-order chi connectivity index (χ1) is 12.9. The number of hydrogen-bond acceptors (Lipinski definition) is 6. The second kappa shape index (κ2) is 7.99. The molecule has 1 atom stereocenters. The van der Waals surface area contributed by atoms with Gasteiger partial charge in [-0.3, -0.25) is 4.79 Å². The second-order valence-corrected chi connectivity index (χ2v) is 8.49. The third-order valence-electron chi connectivity index (χ3n) is 4.88. The van der Waals surface area contributed by atoms with Crippen molar-refractivity contribution < 1.29 is 27.5 Å². The van der Waals surface area contributed by atoms with Crippen LogP contribution in [0.3, 0.4) is 0 Å². The summed E-state index contributed by atoms with van der Waals surface area (Å²) in [5.74, 6) is -0.760. The van der Waals surface area contributed by atoms with Crippen LogP contribution in [0.1, 0.15) is 30.3 Å². The van der Waals surface area contributed by atoms with E-state index in [-0.39, 0.29) is 29.6 Å². The molecular formula is C17H25N3O6S. The summed E-state index contributed by atoms with van der Waals surface area (Å²) >= 11 is 0. The SMILES string of the molecule is CCOC(=O)c1cc(S(=O)(=O)N2CCCC2C(=O)N2CCOCC2)cn1C. The Morgan fingerprint density at radius 3 is 2.63 bits per heavy atom. The number of rotatable bonds is 5. The van der Waals surface area contributed by atoms with Crippen molar-refractivity contribution in [2.45, 2.75) is 30.7 Å². The van der Waals surface area contributed by atoms with E-state index >= 15 is 0 Å². The Hall–Kier alpha value is -1.91. The third kappa shape index (κ3) is 3.87. The quantitative estimate of drug-likeness (QED) is 0.657. The van der Waals surface area contributed by atoms with Gasteiger partial charge in [0, 0.05) is 32.9 Å². The van der Waals surface area contributed by atoms with Gasteiger partial charge in [0.2, 0.25) is 15.9 Å². The lowest BCUT2D eigenvalue weighted by atomic mass is 10.2. The van der Waals surface area contributed by atoms with Crippen molar-refractivity contribution in [1.29, 1.82) is 0 Å². The van der Waals surface area contributed by atoms with Gasteiger partial charge in [0.1, 0.15) is 16.6 Å². The number of carbonyl (C=O) groups is 2. The van der Waals surface area contributed by atoms with E-state index in [1.165, 1.54) is 21.1 Å². The molecule has 2 aliphatic rings. The molecule has 1 aromatic rings. The lowest BCUT2D eigenvalue weighted by Crippen LogP contribution is -2.50. The number of sulfonamides is 1. The number of nitrogens with zero attached hydrogens (tertiary/aromatic N) is 3. The summed E-state index contributed by atoms with van der Waals surface area (Å²) in [5.41, 5.74) is 0.158. The molecule has 1 amide bonds. The highest BCUT2D eigenvalue weighted by Crippen LogP contribution is 2.28. The fourth-order valence-electron chi connectivity index (χ4n) is 3.49. The van der Waals surface area contributed by atoms with Crippen LogP contribution in [0.2, 0.25) is 0 Å². The van der Waals surface area contributed by atoms with Crippen LogP contribution in [0.4, 0.5) is 0 Å². The summed E-state index contributed by atoms with van der Waals surface area (Å²) in [6.45, 7) is 4.05. The zero-order chi connectivity index (χ0) is 19.6. The van der Waals surface area contributed by atoms with E-state index < -0.39 is 22.0 Å². The number of hydrogen-bond donors (Lipinski definition) is 0. The molecule has 0 aromatic carbocycles. The molecule has 3 heterocycles. The van der Waals surface area contributed by atoms with Gasteiger partial charge in [0.15, 0.2) is 0 Å². The van der Waals surface area contributed by atoms with Crippen molar-refractivity contribution in [3.63, 3.8) is 0 Å². The Balaban J connectivity index is 1.84. The maximum atomic E-state index is 13.1. The minimum absolute atomic E-state index is 0.00488. The van der Waals surface area contributed by atoms with Crippen LogP contribution < -0.4 is 0 Å².